The summed E-state index contributed by atoms with van der Waals surface area (Å²) in [6, 6.07) is 0. The van der Waals surface area contributed by atoms with Crippen molar-refractivity contribution in [2.75, 3.05) is 0 Å². The van der Waals surface area contributed by atoms with Gasteiger partial charge in [-0.25, -0.2) is 0 Å². The van der Waals surface area contributed by atoms with Crippen LogP contribution in [0.1, 0.15) is 0 Å². The van der Waals surface area contributed by atoms with Crippen LogP contribution >= 0.6 is 0 Å². The summed E-state index contributed by atoms with van der Waals surface area (Å²) in [4.78, 5) is 0. The van der Waals surface area contributed by atoms with Crippen LogP contribution in [0.5, 0.6) is 0 Å². The van der Waals surface area contributed by atoms with Crippen molar-refractivity contribution in [1.82, 2.24) is 0 Å². The van der Waals surface area contributed by atoms with E-state index in [4.69, 9.17) is 0 Å². The SMILES string of the molecule is C[As](C)C.[CH3][In]([CH3])[CH3]. The van der Waals surface area contributed by atoms with Gasteiger partial charge >= 0.3 is 67.3 Å². The van der Waals surface area contributed by atoms with Crippen molar-refractivity contribution in [3.8, 4) is 0 Å². The Labute approximate surface area is 66.8 Å². The van der Waals surface area contributed by atoms with Crippen LogP contribution in [0.15, 0.2) is 0 Å². The molecule has 0 spiro atoms. The third-order valence-electron chi connectivity index (χ3n) is 0. The Morgan fingerprint density at radius 2 is 0.875 bits per heavy atom. The van der Waals surface area contributed by atoms with Crippen molar-refractivity contribution in [3.63, 3.8) is 0 Å². The summed E-state index contributed by atoms with van der Waals surface area (Å²) < 4.78 is 7.13. The zero-order chi connectivity index (χ0) is 7.15. The molecule has 0 aromatic rings. The molecule has 0 fully saturated rings. The fraction of sp³-hybridized carbons (Fsp3) is 1.00. The zero-order valence-electron chi connectivity index (χ0n) is 7.02. The van der Waals surface area contributed by atoms with Gasteiger partial charge < -0.3 is 0 Å². The molecule has 0 aromatic carbocycles. The first kappa shape index (κ1) is 12.1. The summed E-state index contributed by atoms with van der Waals surface area (Å²) in [7, 11) is 0. The van der Waals surface area contributed by atoms with Gasteiger partial charge in [0.2, 0.25) is 0 Å². The number of hydrogen-bond acceptors (Lipinski definition) is 0. The van der Waals surface area contributed by atoms with Crippen LogP contribution in [0.4, 0.5) is 0 Å². The average Bonchev–Trinajstić information content (AvgIpc) is 1.25. The van der Waals surface area contributed by atoms with E-state index in [0.717, 1.165) is 0 Å². The molecular formula is C6H18AsIn. The molecule has 0 N–H and O–H groups in total. The first-order chi connectivity index (χ1) is 3.46. The van der Waals surface area contributed by atoms with E-state index < -0.39 is 21.4 Å². The van der Waals surface area contributed by atoms with Gasteiger partial charge in [0.15, 0.2) is 0 Å². The number of hydrogen-bond donors (Lipinski definition) is 0. The monoisotopic (exact) mass is 280 g/mol. The Morgan fingerprint density at radius 1 is 0.875 bits per heavy atom. The van der Waals surface area contributed by atoms with E-state index in [1.807, 2.05) is 0 Å². The maximum absolute atomic E-state index is 2.38. The van der Waals surface area contributed by atoms with Gasteiger partial charge in [-0.2, -0.15) is 0 Å². The van der Waals surface area contributed by atoms with Crippen LogP contribution in [-0.4, -0.2) is 36.1 Å². The van der Waals surface area contributed by atoms with Crippen LogP contribution in [0.3, 0.4) is 0 Å². The molecule has 0 amide bonds. The molecule has 8 heavy (non-hydrogen) atoms. The summed E-state index contributed by atoms with van der Waals surface area (Å²) in [5, 5.41) is 0. The van der Waals surface area contributed by atoms with Gasteiger partial charge in [0.1, 0.15) is 0 Å². The Kier molecular flexibility index (Phi) is 12.8. The minimum absolute atomic E-state index is 0.188. The summed E-state index contributed by atoms with van der Waals surface area (Å²) in [6.45, 7) is 0. The van der Waals surface area contributed by atoms with E-state index in [1.165, 1.54) is 0 Å². The molecule has 2 heteroatoms. The van der Waals surface area contributed by atoms with E-state index in [1.54, 1.807) is 0 Å². The topological polar surface area (TPSA) is 0 Å². The van der Waals surface area contributed by atoms with Gasteiger partial charge in [0.05, 0.1) is 0 Å². The molecular weight excluding hydrogens is 262 g/mol. The molecule has 0 radical (unpaired) electrons. The molecule has 0 aliphatic heterocycles. The van der Waals surface area contributed by atoms with Crippen molar-refractivity contribution >= 4 is 36.1 Å². The normalized spacial score (nSPS) is 7.88. The Balaban J connectivity index is 0. The van der Waals surface area contributed by atoms with Crippen molar-refractivity contribution < 1.29 is 0 Å². The van der Waals surface area contributed by atoms with E-state index >= 15 is 0 Å². The predicted octanol–water partition coefficient (Wildman–Crippen LogP) is 2.74. The molecule has 0 aliphatic rings. The Hall–Kier alpha value is 1.43. The van der Waals surface area contributed by atoms with Crippen LogP contribution in [0, 0.1) is 0 Å². The maximum atomic E-state index is 2.38. The van der Waals surface area contributed by atoms with Gasteiger partial charge in [-0.3, -0.25) is 0 Å². The van der Waals surface area contributed by atoms with Gasteiger partial charge in [0, 0.05) is 0 Å². The molecule has 0 nitrogen and oxygen atoms in total. The Bertz CT molecular complexity index is 24.0. The molecule has 0 unspecified atom stereocenters. The van der Waals surface area contributed by atoms with Crippen LogP contribution in [0.2, 0.25) is 31.2 Å². The van der Waals surface area contributed by atoms with Gasteiger partial charge in [-0.1, -0.05) is 0 Å². The average molecular weight is 280 g/mol. The molecule has 0 rings (SSSR count). The first-order valence-corrected chi connectivity index (χ1v) is 18.6. The quantitative estimate of drug-likeness (QED) is 0.598. The zero-order valence-corrected chi connectivity index (χ0v) is 12.2. The second kappa shape index (κ2) is 8.43. The van der Waals surface area contributed by atoms with Gasteiger partial charge in [-0.15, -0.1) is 0 Å². The summed E-state index contributed by atoms with van der Waals surface area (Å²) in [6.07, 6.45) is 0. The second-order valence-electron chi connectivity index (χ2n) is 3.07. The molecule has 0 bridgehead atoms. The molecule has 0 saturated carbocycles. The Morgan fingerprint density at radius 3 is 0.875 bits per heavy atom. The van der Waals surface area contributed by atoms with Crippen LogP contribution in [0.25, 0.3) is 0 Å². The molecule has 50 valence electrons. The third-order valence-corrected chi connectivity index (χ3v) is 0. The molecule has 0 aliphatic carbocycles. The minimum atomic E-state index is -0.637. The van der Waals surface area contributed by atoms with E-state index in [-0.39, 0.29) is 14.7 Å². The summed E-state index contributed by atoms with van der Waals surface area (Å²) in [5.74, 6) is 0. The van der Waals surface area contributed by atoms with Crippen molar-refractivity contribution in [2.45, 2.75) is 31.2 Å². The van der Waals surface area contributed by atoms with Gasteiger partial charge in [-0.05, 0) is 0 Å². The van der Waals surface area contributed by atoms with Crippen molar-refractivity contribution in [3.05, 3.63) is 0 Å². The van der Waals surface area contributed by atoms with Crippen LogP contribution < -0.4 is 0 Å². The first-order valence-electron chi connectivity index (χ1n) is 3.07. The van der Waals surface area contributed by atoms with E-state index in [2.05, 4.69) is 31.2 Å². The fourth-order valence-corrected chi connectivity index (χ4v) is 0. The van der Waals surface area contributed by atoms with Crippen molar-refractivity contribution in [1.29, 1.82) is 0 Å². The van der Waals surface area contributed by atoms with E-state index in [9.17, 15) is 0 Å². The standard InChI is InChI=1S/C3H9As.3CH3.In/c1-4(2)3;;;;/h1-3H3;3*1H3;. The third kappa shape index (κ3) is 150. The summed E-state index contributed by atoms with van der Waals surface area (Å²) >= 11 is -0.824. The van der Waals surface area contributed by atoms with Crippen LogP contribution in [-0.2, 0) is 0 Å². The molecule has 0 aromatic heterocycles. The summed E-state index contributed by atoms with van der Waals surface area (Å²) in [5.41, 5.74) is 6.94. The number of rotatable bonds is 0. The predicted molar refractivity (Wildman–Crippen MR) is 46.7 cm³/mol. The van der Waals surface area contributed by atoms with Gasteiger partial charge in [0.25, 0.3) is 0 Å². The second-order valence-corrected chi connectivity index (χ2v) is 18.6. The van der Waals surface area contributed by atoms with Crippen molar-refractivity contribution in [2.24, 2.45) is 0 Å². The molecule has 0 heterocycles. The molecule has 0 saturated heterocycles. The fourth-order valence-electron chi connectivity index (χ4n) is 0. The van der Waals surface area contributed by atoms with E-state index in [0.29, 0.717) is 0 Å². The molecule has 0 atom stereocenters.